The van der Waals surface area contributed by atoms with Gasteiger partial charge in [-0.15, -0.1) is 0 Å². The third-order valence-electron chi connectivity index (χ3n) is 4.90. The van der Waals surface area contributed by atoms with Crippen LogP contribution in [0.25, 0.3) is 0 Å². The number of rotatable bonds is 0. The molecule has 78 valence electrons. The van der Waals surface area contributed by atoms with Crippen LogP contribution in [0.15, 0.2) is 0 Å². The molecule has 4 unspecified atom stereocenters. The number of ketones is 1. The van der Waals surface area contributed by atoms with Crippen molar-refractivity contribution in [2.75, 3.05) is 0 Å². The normalized spacial score (nSPS) is 51.8. The molecule has 4 atom stereocenters. The molecule has 4 aliphatic rings. The van der Waals surface area contributed by atoms with Gasteiger partial charge in [0.05, 0.1) is 6.10 Å². The van der Waals surface area contributed by atoms with E-state index in [1.165, 1.54) is 25.7 Å². The average Bonchev–Trinajstić information content (AvgIpc) is 2.15. The Balaban J connectivity index is 1.94. The second-order valence-electron chi connectivity index (χ2n) is 5.56. The van der Waals surface area contributed by atoms with Crippen molar-refractivity contribution in [2.24, 2.45) is 17.3 Å². The van der Waals surface area contributed by atoms with Crippen molar-refractivity contribution >= 4 is 5.78 Å². The summed E-state index contributed by atoms with van der Waals surface area (Å²) >= 11 is 0. The Morgan fingerprint density at radius 2 is 2.21 bits per heavy atom. The summed E-state index contributed by atoms with van der Waals surface area (Å²) in [5.74, 6) is 1.10. The van der Waals surface area contributed by atoms with Gasteiger partial charge in [0.1, 0.15) is 5.78 Å². The van der Waals surface area contributed by atoms with E-state index in [1.807, 2.05) is 0 Å². The number of aliphatic hydroxyl groups is 1. The molecule has 4 rings (SSSR count). The molecule has 14 heavy (non-hydrogen) atoms. The van der Waals surface area contributed by atoms with Crippen LogP contribution in [0.1, 0.15) is 44.9 Å². The van der Waals surface area contributed by atoms with E-state index in [0.29, 0.717) is 5.78 Å². The van der Waals surface area contributed by atoms with Gasteiger partial charge in [-0.1, -0.05) is 12.8 Å². The summed E-state index contributed by atoms with van der Waals surface area (Å²) in [6, 6.07) is 0. The van der Waals surface area contributed by atoms with Crippen LogP contribution in [0.4, 0.5) is 0 Å². The molecule has 0 amide bonds. The zero-order chi connectivity index (χ0) is 9.76. The molecule has 0 aliphatic heterocycles. The van der Waals surface area contributed by atoms with E-state index in [9.17, 15) is 9.90 Å². The molecule has 4 saturated carbocycles. The van der Waals surface area contributed by atoms with E-state index in [1.54, 1.807) is 0 Å². The molecule has 2 bridgehead atoms. The first-order chi connectivity index (χ1) is 6.71. The maximum Gasteiger partial charge on any atom is 0.139 e. The number of carbonyl (C=O) groups excluding carboxylic acids is 1. The lowest BCUT2D eigenvalue weighted by molar-refractivity contribution is -0.156. The van der Waals surface area contributed by atoms with Gasteiger partial charge in [-0.05, 0) is 37.0 Å². The topological polar surface area (TPSA) is 37.3 Å². The van der Waals surface area contributed by atoms with Crippen LogP contribution >= 0.6 is 0 Å². The van der Waals surface area contributed by atoms with E-state index in [4.69, 9.17) is 0 Å². The standard InChI is InChI=1S/C12H18O2/c13-10-6-12-4-2-1-3-8(12)5-9(10)11(14)7-12/h8-10,13H,1-7H2. The smallest absolute Gasteiger partial charge is 0.139 e. The highest BCUT2D eigenvalue weighted by Gasteiger charge is 2.55. The molecule has 0 radical (unpaired) electrons. The quantitative estimate of drug-likeness (QED) is 0.639. The number of hydrogen-bond donors (Lipinski definition) is 1. The molecule has 2 nitrogen and oxygen atoms in total. The minimum atomic E-state index is -0.314. The first-order valence-corrected chi connectivity index (χ1v) is 5.92. The lowest BCUT2D eigenvalue weighted by Gasteiger charge is -2.55. The molecular formula is C12H18O2. The van der Waals surface area contributed by atoms with Crippen molar-refractivity contribution in [3.05, 3.63) is 0 Å². The van der Waals surface area contributed by atoms with E-state index in [0.717, 1.165) is 25.2 Å². The van der Waals surface area contributed by atoms with Crippen LogP contribution in [0.5, 0.6) is 0 Å². The van der Waals surface area contributed by atoms with E-state index in [2.05, 4.69) is 0 Å². The Labute approximate surface area is 84.7 Å². The highest BCUT2D eigenvalue weighted by molar-refractivity contribution is 5.84. The third-order valence-corrected chi connectivity index (χ3v) is 4.90. The first kappa shape index (κ1) is 8.90. The SMILES string of the molecule is O=C1CC23CCCCC2CC1C(O)C3. The van der Waals surface area contributed by atoms with Crippen LogP contribution in [-0.2, 0) is 4.79 Å². The van der Waals surface area contributed by atoms with Crippen molar-refractivity contribution < 1.29 is 9.90 Å². The monoisotopic (exact) mass is 194 g/mol. The molecule has 0 aromatic heterocycles. The van der Waals surface area contributed by atoms with E-state index < -0.39 is 0 Å². The van der Waals surface area contributed by atoms with E-state index >= 15 is 0 Å². The molecule has 0 heterocycles. The number of fused-ring (bicyclic) bond motifs is 2. The molecule has 1 spiro atoms. The zero-order valence-electron chi connectivity index (χ0n) is 8.54. The number of aliphatic hydroxyl groups excluding tert-OH is 1. The fourth-order valence-corrected chi connectivity index (χ4v) is 4.17. The summed E-state index contributed by atoms with van der Waals surface area (Å²) in [7, 11) is 0. The van der Waals surface area contributed by atoms with Crippen molar-refractivity contribution in [1.29, 1.82) is 0 Å². The van der Waals surface area contributed by atoms with Crippen LogP contribution < -0.4 is 0 Å². The average molecular weight is 194 g/mol. The lowest BCUT2D eigenvalue weighted by atomic mass is 9.49. The van der Waals surface area contributed by atoms with Crippen molar-refractivity contribution in [3.8, 4) is 0 Å². The molecule has 4 fully saturated rings. The van der Waals surface area contributed by atoms with Gasteiger partial charge in [-0.2, -0.15) is 0 Å². The summed E-state index contributed by atoms with van der Waals surface area (Å²) in [6.07, 6.45) is 7.45. The molecule has 1 N–H and O–H groups in total. The highest BCUT2D eigenvalue weighted by Crippen LogP contribution is 2.58. The Hall–Kier alpha value is -0.370. The fraction of sp³-hybridized carbons (Fsp3) is 0.917. The van der Waals surface area contributed by atoms with Gasteiger partial charge in [-0.3, -0.25) is 4.79 Å². The van der Waals surface area contributed by atoms with Gasteiger partial charge in [0.2, 0.25) is 0 Å². The summed E-state index contributed by atoms with van der Waals surface area (Å²) in [4.78, 5) is 11.8. The molecule has 2 heteroatoms. The number of carbonyl (C=O) groups is 1. The second kappa shape index (κ2) is 2.82. The first-order valence-electron chi connectivity index (χ1n) is 5.92. The number of hydrogen-bond acceptors (Lipinski definition) is 2. The predicted octanol–water partition coefficient (Wildman–Crippen LogP) is 1.91. The fourth-order valence-electron chi connectivity index (χ4n) is 4.17. The van der Waals surface area contributed by atoms with Gasteiger partial charge in [0.15, 0.2) is 0 Å². The third kappa shape index (κ3) is 1.04. The van der Waals surface area contributed by atoms with Crippen LogP contribution in [0.2, 0.25) is 0 Å². The van der Waals surface area contributed by atoms with Crippen molar-refractivity contribution in [3.63, 3.8) is 0 Å². The lowest BCUT2D eigenvalue weighted by Crippen LogP contribution is -2.54. The molecule has 0 saturated heterocycles. The molecular weight excluding hydrogens is 176 g/mol. The largest absolute Gasteiger partial charge is 0.392 e. The molecule has 0 aromatic rings. The van der Waals surface area contributed by atoms with Gasteiger partial charge in [0.25, 0.3) is 0 Å². The van der Waals surface area contributed by atoms with Crippen molar-refractivity contribution in [2.45, 2.75) is 51.0 Å². The summed E-state index contributed by atoms with van der Waals surface area (Å²) < 4.78 is 0. The minimum Gasteiger partial charge on any atom is -0.392 e. The van der Waals surface area contributed by atoms with Gasteiger partial charge >= 0.3 is 0 Å². The van der Waals surface area contributed by atoms with E-state index in [-0.39, 0.29) is 17.4 Å². The van der Waals surface area contributed by atoms with Gasteiger partial charge < -0.3 is 5.11 Å². The maximum absolute atomic E-state index is 11.8. The predicted molar refractivity (Wildman–Crippen MR) is 52.7 cm³/mol. The second-order valence-corrected chi connectivity index (χ2v) is 5.56. The van der Waals surface area contributed by atoms with Crippen LogP contribution in [0, 0.1) is 17.3 Å². The van der Waals surface area contributed by atoms with Crippen molar-refractivity contribution in [1.82, 2.24) is 0 Å². The summed E-state index contributed by atoms with van der Waals surface area (Å²) in [5, 5.41) is 9.88. The maximum atomic E-state index is 11.8. The zero-order valence-corrected chi connectivity index (χ0v) is 8.54. The Morgan fingerprint density at radius 1 is 1.36 bits per heavy atom. The molecule has 0 aromatic carbocycles. The number of Topliss-reactive ketones (excluding diaryl/α,β-unsaturated/α-hetero) is 1. The Bertz CT molecular complexity index is 273. The van der Waals surface area contributed by atoms with Crippen LogP contribution in [0.3, 0.4) is 0 Å². The minimum absolute atomic E-state index is 0.0000231. The van der Waals surface area contributed by atoms with Gasteiger partial charge in [-0.25, -0.2) is 0 Å². The summed E-state index contributed by atoms with van der Waals surface area (Å²) in [6.45, 7) is 0. The van der Waals surface area contributed by atoms with Gasteiger partial charge in [0, 0.05) is 12.3 Å². The molecule has 4 aliphatic carbocycles. The Kier molecular flexibility index (Phi) is 1.79. The Morgan fingerprint density at radius 3 is 3.00 bits per heavy atom. The van der Waals surface area contributed by atoms with Crippen LogP contribution in [-0.4, -0.2) is 17.0 Å². The highest BCUT2D eigenvalue weighted by atomic mass is 16.3. The summed E-state index contributed by atoms with van der Waals surface area (Å²) in [5.41, 5.74) is 0.226.